The fourth-order valence-corrected chi connectivity index (χ4v) is 3.53. The normalized spacial score (nSPS) is 20.7. The average molecular weight is 398 g/mol. The third kappa shape index (κ3) is 4.29. The summed E-state index contributed by atoms with van der Waals surface area (Å²) in [5.74, 6) is 1.68. The molecule has 0 radical (unpaired) electrons. The maximum Gasteiger partial charge on any atom is 0.244 e. The first-order valence-electron chi connectivity index (χ1n) is 9.26. The van der Waals surface area contributed by atoms with E-state index in [9.17, 15) is 10.3 Å². The standard InChI is InChI=1S/C20H22N4O5/c1-28-17-8-4-14(5-9-17)19-21-20(29-22-19)18-10-16(25)12-23(18)11-13-2-6-15(7-3-13)24(26)27/h2-9,16,18,24-26H,10-12H2,1H3. The van der Waals surface area contributed by atoms with Crippen molar-refractivity contribution in [3.63, 3.8) is 0 Å². The number of aliphatic hydroxyl groups excluding tert-OH is 1. The molecule has 4 rings (SSSR count). The molecule has 3 unspecified atom stereocenters. The Morgan fingerprint density at radius 2 is 1.93 bits per heavy atom. The molecule has 29 heavy (non-hydrogen) atoms. The van der Waals surface area contributed by atoms with Crippen molar-refractivity contribution in [3.05, 3.63) is 65.2 Å². The largest absolute Gasteiger partial charge is 0.595 e. The average Bonchev–Trinajstić information content (AvgIpc) is 3.35. The van der Waals surface area contributed by atoms with Crippen LogP contribution < -0.4 is 9.96 Å². The Bertz CT molecular complexity index is 942. The Kier molecular flexibility index (Phi) is 5.56. The van der Waals surface area contributed by atoms with E-state index in [1.807, 2.05) is 24.3 Å². The van der Waals surface area contributed by atoms with Crippen molar-refractivity contribution in [1.29, 1.82) is 0 Å². The highest BCUT2D eigenvalue weighted by molar-refractivity contribution is 5.55. The Balaban J connectivity index is 1.51. The van der Waals surface area contributed by atoms with Gasteiger partial charge in [-0.3, -0.25) is 4.90 Å². The monoisotopic (exact) mass is 398 g/mol. The molecule has 1 saturated heterocycles. The third-order valence-corrected chi connectivity index (χ3v) is 5.04. The molecule has 1 aliphatic heterocycles. The number of aromatic nitrogens is 2. The van der Waals surface area contributed by atoms with Crippen LogP contribution in [0.25, 0.3) is 11.4 Å². The summed E-state index contributed by atoms with van der Waals surface area (Å²) < 4.78 is 10.7. The summed E-state index contributed by atoms with van der Waals surface area (Å²) in [6, 6.07) is 13.9. The van der Waals surface area contributed by atoms with Crippen LogP contribution in [0.5, 0.6) is 5.75 Å². The van der Waals surface area contributed by atoms with Gasteiger partial charge in [0.2, 0.25) is 11.7 Å². The summed E-state index contributed by atoms with van der Waals surface area (Å²) >= 11 is 0. The number of β-amino-alcohol motifs (C(OH)–C–C–N with tert-alkyl or cyclic N) is 1. The lowest BCUT2D eigenvalue weighted by Crippen LogP contribution is -2.99. The van der Waals surface area contributed by atoms with E-state index in [1.54, 1.807) is 31.4 Å². The second kappa shape index (κ2) is 8.27. The molecular formula is C20H22N4O5. The van der Waals surface area contributed by atoms with Crippen LogP contribution in [0.2, 0.25) is 0 Å². The van der Waals surface area contributed by atoms with Gasteiger partial charge in [-0.15, -0.1) is 0 Å². The first kappa shape index (κ1) is 19.5. The lowest BCUT2D eigenvalue weighted by Gasteiger charge is -2.21. The molecule has 1 aliphatic rings. The quantitative estimate of drug-likeness (QED) is 0.534. The van der Waals surface area contributed by atoms with Crippen molar-refractivity contribution < 1.29 is 24.8 Å². The molecule has 0 spiro atoms. The van der Waals surface area contributed by atoms with E-state index in [-0.39, 0.29) is 11.7 Å². The van der Waals surface area contributed by atoms with Crippen LogP contribution in [0.4, 0.5) is 5.69 Å². The minimum Gasteiger partial charge on any atom is -0.595 e. The van der Waals surface area contributed by atoms with Crippen molar-refractivity contribution in [2.75, 3.05) is 13.7 Å². The summed E-state index contributed by atoms with van der Waals surface area (Å²) in [6.07, 6.45) is 0.00639. The van der Waals surface area contributed by atoms with Gasteiger partial charge >= 0.3 is 0 Å². The Morgan fingerprint density at radius 1 is 1.21 bits per heavy atom. The molecule has 1 aromatic heterocycles. The first-order valence-corrected chi connectivity index (χ1v) is 9.26. The zero-order chi connectivity index (χ0) is 20.4. The topological polar surface area (TPSA) is 119 Å². The number of benzene rings is 2. The molecule has 2 aromatic carbocycles. The lowest BCUT2D eigenvalue weighted by molar-refractivity contribution is -0.991. The summed E-state index contributed by atoms with van der Waals surface area (Å²) in [6.45, 7) is 1.02. The van der Waals surface area contributed by atoms with E-state index < -0.39 is 11.3 Å². The number of rotatable bonds is 6. The molecule has 2 heterocycles. The van der Waals surface area contributed by atoms with Crippen molar-refractivity contribution in [2.45, 2.75) is 25.1 Å². The van der Waals surface area contributed by atoms with Crippen molar-refractivity contribution >= 4 is 5.69 Å². The maximum atomic E-state index is 11.0. The lowest BCUT2D eigenvalue weighted by atomic mass is 10.1. The summed E-state index contributed by atoms with van der Waals surface area (Å²) in [5.41, 5.74) is 2.01. The second-order valence-electron chi connectivity index (χ2n) is 7.02. The second-order valence-corrected chi connectivity index (χ2v) is 7.02. The zero-order valence-electron chi connectivity index (χ0n) is 15.9. The molecule has 152 valence electrons. The van der Waals surface area contributed by atoms with Gasteiger partial charge < -0.3 is 19.6 Å². The fraction of sp³-hybridized carbons (Fsp3) is 0.300. The summed E-state index contributed by atoms with van der Waals surface area (Å²) in [7, 11) is 1.61. The molecule has 0 saturated carbocycles. The van der Waals surface area contributed by atoms with Gasteiger partial charge in [0.05, 0.1) is 19.3 Å². The van der Waals surface area contributed by atoms with Gasteiger partial charge in [0.1, 0.15) is 5.75 Å². The summed E-state index contributed by atoms with van der Waals surface area (Å²) in [5, 5.41) is 33.4. The van der Waals surface area contributed by atoms with Gasteiger partial charge in [-0.2, -0.15) is 10.2 Å². The van der Waals surface area contributed by atoms with E-state index in [0.717, 1.165) is 16.9 Å². The van der Waals surface area contributed by atoms with E-state index in [1.165, 1.54) is 0 Å². The van der Waals surface area contributed by atoms with Gasteiger partial charge in [-0.1, -0.05) is 17.3 Å². The molecule has 1 fully saturated rings. The van der Waals surface area contributed by atoms with Crippen molar-refractivity contribution in [3.8, 4) is 17.1 Å². The smallest absolute Gasteiger partial charge is 0.244 e. The molecule has 9 heteroatoms. The molecule has 0 aliphatic carbocycles. The fourth-order valence-electron chi connectivity index (χ4n) is 3.53. The van der Waals surface area contributed by atoms with Gasteiger partial charge in [-0.25, -0.2) is 5.21 Å². The molecule has 3 aromatic rings. The van der Waals surface area contributed by atoms with E-state index in [4.69, 9.17) is 14.5 Å². The number of hydrogen-bond acceptors (Lipinski definition) is 8. The molecule has 3 atom stereocenters. The third-order valence-electron chi connectivity index (χ3n) is 5.04. The molecule has 0 bridgehead atoms. The van der Waals surface area contributed by atoms with E-state index in [0.29, 0.717) is 31.2 Å². The predicted octanol–water partition coefficient (Wildman–Crippen LogP) is 1.46. The number of nitrogens with one attached hydrogen (secondary N) is 1. The van der Waals surface area contributed by atoms with Crippen LogP contribution in [0.1, 0.15) is 23.9 Å². The van der Waals surface area contributed by atoms with Gasteiger partial charge in [-0.05, 0) is 36.2 Å². The number of methoxy groups -OCH3 is 1. The Morgan fingerprint density at radius 3 is 2.59 bits per heavy atom. The van der Waals surface area contributed by atoms with Gasteiger partial charge in [0, 0.05) is 30.8 Å². The van der Waals surface area contributed by atoms with E-state index in [2.05, 4.69) is 15.0 Å². The number of quaternary nitrogens is 1. The Hall–Kier alpha value is -2.82. The molecular weight excluding hydrogens is 376 g/mol. The van der Waals surface area contributed by atoms with Gasteiger partial charge in [0.25, 0.3) is 0 Å². The van der Waals surface area contributed by atoms with Crippen molar-refractivity contribution in [1.82, 2.24) is 15.0 Å². The maximum absolute atomic E-state index is 11.0. The number of hydrogen-bond donors (Lipinski definition) is 3. The van der Waals surface area contributed by atoms with E-state index >= 15 is 0 Å². The number of aliphatic hydroxyl groups is 1. The highest BCUT2D eigenvalue weighted by Gasteiger charge is 2.36. The first-order chi connectivity index (χ1) is 14.0. The summed E-state index contributed by atoms with van der Waals surface area (Å²) in [4.78, 5) is 6.59. The minimum absolute atomic E-state index is 0.205. The highest BCUT2D eigenvalue weighted by Crippen LogP contribution is 2.33. The highest BCUT2D eigenvalue weighted by atomic mass is 16.8. The minimum atomic E-state index is -0.956. The van der Waals surface area contributed by atoms with Crippen LogP contribution in [0, 0.1) is 5.21 Å². The number of likely N-dealkylation sites (tertiary alicyclic amines) is 1. The number of ether oxygens (including phenoxy) is 1. The number of nitrogens with zero attached hydrogens (tertiary/aromatic N) is 3. The predicted molar refractivity (Wildman–Crippen MR) is 102 cm³/mol. The SMILES string of the molecule is COc1ccc(-c2noc(C3CC(O)CN3Cc3ccc([NH+]([O-])O)cc3)n2)cc1. The van der Waals surface area contributed by atoms with Crippen molar-refractivity contribution in [2.24, 2.45) is 0 Å². The molecule has 0 amide bonds. The van der Waals surface area contributed by atoms with Crippen LogP contribution in [0.3, 0.4) is 0 Å². The zero-order valence-corrected chi connectivity index (χ0v) is 15.9. The van der Waals surface area contributed by atoms with Crippen LogP contribution >= 0.6 is 0 Å². The van der Waals surface area contributed by atoms with Gasteiger partial charge in [0.15, 0.2) is 5.69 Å². The van der Waals surface area contributed by atoms with Crippen LogP contribution in [-0.4, -0.2) is 45.1 Å². The van der Waals surface area contributed by atoms with Crippen LogP contribution in [0.15, 0.2) is 53.1 Å². The van der Waals surface area contributed by atoms with Crippen LogP contribution in [-0.2, 0) is 6.54 Å². The molecule has 9 nitrogen and oxygen atoms in total. The molecule has 3 N–H and O–H groups in total. The Labute approximate surface area is 167 Å².